The van der Waals surface area contributed by atoms with Crippen LogP contribution in [0.4, 0.5) is 0 Å². The Labute approximate surface area is 149 Å². The Bertz CT molecular complexity index is 664. The number of ether oxygens (including phenoxy) is 1. The Morgan fingerprint density at radius 2 is 1.40 bits per heavy atom. The van der Waals surface area contributed by atoms with Gasteiger partial charge in [-0.05, 0) is 50.7 Å². The summed E-state index contributed by atoms with van der Waals surface area (Å²) < 4.78 is 5.52. The van der Waals surface area contributed by atoms with Gasteiger partial charge in [-0.1, -0.05) is 18.2 Å². The molecule has 1 aromatic carbocycles. The number of hydrogen-bond donors (Lipinski definition) is 0. The molecule has 0 aromatic heterocycles. The molecule has 5 nitrogen and oxygen atoms in total. The van der Waals surface area contributed by atoms with Crippen LogP contribution in [-0.2, 0) is 9.53 Å². The van der Waals surface area contributed by atoms with Crippen LogP contribution in [0.15, 0.2) is 46.8 Å². The van der Waals surface area contributed by atoms with E-state index in [1.54, 1.807) is 0 Å². The first-order chi connectivity index (χ1) is 12.3. The predicted octanol–water partition coefficient (Wildman–Crippen LogP) is 3.13. The Morgan fingerprint density at radius 1 is 0.840 bits per heavy atom. The van der Waals surface area contributed by atoms with E-state index >= 15 is 0 Å². The summed E-state index contributed by atoms with van der Waals surface area (Å²) in [6.45, 7) is 4.00. The lowest BCUT2D eigenvalue weighted by molar-refractivity contribution is -0.130. The van der Waals surface area contributed by atoms with Crippen LogP contribution >= 0.6 is 0 Å². The zero-order chi connectivity index (χ0) is 17.1. The molecule has 2 fully saturated rings. The Morgan fingerprint density at radius 3 is 1.96 bits per heavy atom. The average Bonchev–Trinajstić information content (AvgIpc) is 3.06. The molecule has 5 heteroatoms. The molecule has 0 radical (unpaired) electrons. The van der Waals surface area contributed by atoms with Crippen LogP contribution in [0, 0.1) is 0 Å². The van der Waals surface area contributed by atoms with Crippen LogP contribution in [0.1, 0.15) is 44.1 Å². The van der Waals surface area contributed by atoms with E-state index in [0.29, 0.717) is 11.6 Å². The first kappa shape index (κ1) is 16.2. The topological polar surface area (TPSA) is 45.1 Å². The van der Waals surface area contributed by atoms with Gasteiger partial charge in [-0.15, -0.1) is 0 Å². The number of carbonyl (C=O) groups excluding carboxylic acids is 1. The van der Waals surface area contributed by atoms with Gasteiger partial charge in [0.25, 0.3) is 0 Å². The molecule has 0 atom stereocenters. The third kappa shape index (κ3) is 3.41. The first-order valence-electron chi connectivity index (χ1n) is 9.43. The molecular formula is C20H25N3O2. The van der Waals surface area contributed by atoms with Crippen LogP contribution in [0.25, 0.3) is 0 Å². The van der Waals surface area contributed by atoms with Gasteiger partial charge in [0.05, 0.1) is 0 Å². The van der Waals surface area contributed by atoms with E-state index in [0.717, 1.165) is 37.6 Å². The summed E-state index contributed by atoms with van der Waals surface area (Å²) in [5, 5.41) is 0. The van der Waals surface area contributed by atoms with E-state index in [4.69, 9.17) is 4.74 Å². The van der Waals surface area contributed by atoms with Crippen LogP contribution in [0.3, 0.4) is 0 Å². The lowest BCUT2D eigenvalue weighted by Crippen LogP contribution is -2.42. The number of benzene rings is 1. The number of piperidine rings is 2. The maximum absolute atomic E-state index is 12.6. The summed E-state index contributed by atoms with van der Waals surface area (Å²) in [6.07, 6.45) is 7.23. The number of likely N-dealkylation sites (tertiary alicyclic amines) is 2. The number of hydrogen-bond acceptors (Lipinski definition) is 5. The second-order valence-corrected chi connectivity index (χ2v) is 6.94. The molecule has 3 heterocycles. The summed E-state index contributed by atoms with van der Waals surface area (Å²) >= 11 is 0. The van der Waals surface area contributed by atoms with E-state index in [1.807, 2.05) is 30.3 Å². The van der Waals surface area contributed by atoms with Crippen molar-refractivity contribution in [1.82, 2.24) is 9.80 Å². The molecular weight excluding hydrogens is 314 g/mol. The second kappa shape index (κ2) is 7.30. The van der Waals surface area contributed by atoms with Gasteiger partial charge in [0.2, 0.25) is 5.90 Å². The van der Waals surface area contributed by atoms with Crippen LogP contribution in [0.5, 0.6) is 0 Å². The van der Waals surface area contributed by atoms with Crippen molar-refractivity contribution < 1.29 is 9.53 Å². The minimum absolute atomic E-state index is 0.315. The minimum Gasteiger partial charge on any atom is -0.402 e. The van der Waals surface area contributed by atoms with Gasteiger partial charge in [0.15, 0.2) is 5.70 Å². The van der Waals surface area contributed by atoms with Gasteiger partial charge in [0, 0.05) is 31.7 Å². The van der Waals surface area contributed by atoms with Crippen LogP contribution in [0.2, 0.25) is 0 Å². The zero-order valence-corrected chi connectivity index (χ0v) is 14.6. The lowest BCUT2D eigenvalue weighted by atomic mass is 10.1. The molecule has 3 aliphatic heterocycles. The Kier molecular flexibility index (Phi) is 4.72. The van der Waals surface area contributed by atoms with Crippen molar-refractivity contribution in [3.63, 3.8) is 0 Å². The third-order valence-electron chi connectivity index (χ3n) is 5.14. The highest BCUT2D eigenvalue weighted by Gasteiger charge is 2.33. The van der Waals surface area contributed by atoms with Gasteiger partial charge in [-0.3, -0.25) is 0 Å². The summed E-state index contributed by atoms with van der Waals surface area (Å²) in [5.41, 5.74) is 1.34. The van der Waals surface area contributed by atoms with E-state index < -0.39 is 0 Å². The van der Waals surface area contributed by atoms with Crippen LogP contribution in [-0.4, -0.2) is 47.8 Å². The molecule has 132 valence electrons. The monoisotopic (exact) mass is 339 g/mol. The van der Waals surface area contributed by atoms with Crippen molar-refractivity contribution in [1.29, 1.82) is 0 Å². The van der Waals surface area contributed by atoms with Crippen molar-refractivity contribution in [3.05, 3.63) is 47.4 Å². The summed E-state index contributed by atoms with van der Waals surface area (Å²) in [7, 11) is 0. The fraction of sp³-hybridized carbons (Fsp3) is 0.500. The highest BCUT2D eigenvalue weighted by molar-refractivity contribution is 6.11. The average molecular weight is 339 g/mol. The molecule has 1 aromatic rings. The molecule has 0 spiro atoms. The molecule has 0 unspecified atom stereocenters. The number of nitrogens with zero attached hydrogens (tertiary/aromatic N) is 3. The van der Waals surface area contributed by atoms with Gasteiger partial charge < -0.3 is 14.5 Å². The van der Waals surface area contributed by atoms with Crippen molar-refractivity contribution in [2.45, 2.75) is 38.5 Å². The molecule has 25 heavy (non-hydrogen) atoms. The van der Waals surface area contributed by atoms with Crippen molar-refractivity contribution >= 4 is 11.9 Å². The van der Waals surface area contributed by atoms with Gasteiger partial charge in [-0.25, -0.2) is 9.79 Å². The quantitative estimate of drug-likeness (QED) is 0.627. The summed E-state index contributed by atoms with van der Waals surface area (Å²) in [4.78, 5) is 22.0. The number of cyclic esters (lactones) is 1. The molecule has 0 saturated carbocycles. The molecule has 3 aliphatic rings. The molecule has 0 aliphatic carbocycles. The normalized spacial score (nSPS) is 21.2. The summed E-state index contributed by atoms with van der Waals surface area (Å²) in [5.74, 6) is 1.10. The third-order valence-corrected chi connectivity index (χ3v) is 5.14. The van der Waals surface area contributed by atoms with E-state index in [1.165, 1.54) is 38.5 Å². The van der Waals surface area contributed by atoms with Crippen molar-refractivity contribution in [2.75, 3.05) is 26.2 Å². The number of rotatable bonds is 3. The van der Waals surface area contributed by atoms with Crippen LogP contribution < -0.4 is 0 Å². The summed E-state index contributed by atoms with van der Waals surface area (Å²) in [6, 6.07) is 9.67. The molecule has 0 N–H and O–H groups in total. The highest BCUT2D eigenvalue weighted by Crippen LogP contribution is 2.28. The number of carbonyl (C=O) groups is 1. The van der Waals surface area contributed by atoms with Crippen molar-refractivity contribution in [3.8, 4) is 0 Å². The van der Waals surface area contributed by atoms with E-state index in [9.17, 15) is 4.79 Å². The second-order valence-electron chi connectivity index (χ2n) is 6.94. The van der Waals surface area contributed by atoms with E-state index in [-0.39, 0.29) is 5.97 Å². The fourth-order valence-corrected chi connectivity index (χ4v) is 3.86. The first-order valence-corrected chi connectivity index (χ1v) is 9.43. The molecule has 0 amide bonds. The SMILES string of the molecule is O=C1OC(c2ccccc2)=NC1=C(N1CCCCC1)N1CCCCC1. The molecule has 0 bridgehead atoms. The number of esters is 1. The Balaban J connectivity index is 1.72. The smallest absolute Gasteiger partial charge is 0.367 e. The molecule has 2 saturated heterocycles. The number of aliphatic imine (C=N–C) groups is 1. The molecule has 4 rings (SSSR count). The van der Waals surface area contributed by atoms with Gasteiger partial charge >= 0.3 is 5.97 Å². The Hall–Kier alpha value is -2.30. The predicted molar refractivity (Wildman–Crippen MR) is 96.9 cm³/mol. The van der Waals surface area contributed by atoms with Gasteiger partial charge in [0.1, 0.15) is 5.82 Å². The minimum atomic E-state index is -0.315. The fourth-order valence-electron chi connectivity index (χ4n) is 3.86. The lowest BCUT2D eigenvalue weighted by Gasteiger charge is -2.39. The largest absolute Gasteiger partial charge is 0.402 e. The highest BCUT2D eigenvalue weighted by atomic mass is 16.6. The standard InChI is InChI=1S/C20H25N3O2/c24-20-17(21-18(25-20)16-10-4-1-5-11-16)19(22-12-6-2-7-13-22)23-14-8-3-9-15-23/h1,4-5,10-11H,2-3,6-9,12-15H2. The van der Waals surface area contributed by atoms with Gasteiger partial charge in [-0.2, -0.15) is 0 Å². The maximum atomic E-state index is 12.6. The van der Waals surface area contributed by atoms with E-state index in [2.05, 4.69) is 14.8 Å². The maximum Gasteiger partial charge on any atom is 0.367 e. The van der Waals surface area contributed by atoms with Crippen molar-refractivity contribution in [2.24, 2.45) is 4.99 Å². The zero-order valence-electron chi connectivity index (χ0n) is 14.6.